The Hall–Kier alpha value is -0.710. The van der Waals surface area contributed by atoms with Crippen molar-refractivity contribution < 1.29 is 9.53 Å². The van der Waals surface area contributed by atoms with Crippen LogP contribution < -0.4 is 5.32 Å². The maximum atomic E-state index is 10.8. The Kier molecular flexibility index (Phi) is 7.48. The highest BCUT2D eigenvalue weighted by atomic mass is 32.2. The number of nitrogens with zero attached hydrogens (tertiary/aromatic N) is 1. The van der Waals surface area contributed by atoms with Crippen LogP contribution in [0.15, 0.2) is 4.99 Å². The number of aliphatic imine (C=N–C) groups is 1. The van der Waals surface area contributed by atoms with Gasteiger partial charge in [0.2, 0.25) is 0 Å². The van der Waals surface area contributed by atoms with Gasteiger partial charge in [0.1, 0.15) is 0 Å². The van der Waals surface area contributed by atoms with E-state index in [-0.39, 0.29) is 0 Å². The summed E-state index contributed by atoms with van der Waals surface area (Å²) in [7, 11) is 1.33. The molecule has 0 aromatic carbocycles. The van der Waals surface area contributed by atoms with E-state index in [1.807, 2.05) is 6.26 Å². The van der Waals surface area contributed by atoms with Crippen LogP contribution in [0, 0.1) is 0 Å². The second-order valence-electron chi connectivity index (χ2n) is 2.36. The summed E-state index contributed by atoms with van der Waals surface area (Å²) < 4.78 is 4.44. The van der Waals surface area contributed by atoms with E-state index in [1.54, 1.807) is 0 Å². The van der Waals surface area contributed by atoms with E-state index in [1.165, 1.54) is 18.9 Å². The highest BCUT2D eigenvalue weighted by Gasteiger charge is 2.02. The molecule has 0 unspecified atom stereocenters. The van der Waals surface area contributed by atoms with Crippen LogP contribution in [0.1, 0.15) is 19.8 Å². The van der Waals surface area contributed by atoms with Crippen LogP contribution in [0.25, 0.3) is 0 Å². The minimum atomic E-state index is -0.468. The molecule has 4 nitrogen and oxygen atoms in total. The monoisotopic (exact) mass is 204 g/mol. The van der Waals surface area contributed by atoms with Crippen molar-refractivity contribution in [3.63, 3.8) is 0 Å². The first-order valence-electron chi connectivity index (χ1n) is 4.18. The Morgan fingerprint density at radius 2 is 2.31 bits per heavy atom. The third-order valence-electron chi connectivity index (χ3n) is 1.35. The van der Waals surface area contributed by atoms with Crippen molar-refractivity contribution in [3.05, 3.63) is 0 Å². The Balaban J connectivity index is 3.86. The fraction of sp³-hybridized carbons (Fsp3) is 0.750. The molecular weight excluding hydrogens is 188 g/mol. The lowest BCUT2D eigenvalue weighted by Crippen LogP contribution is -2.28. The van der Waals surface area contributed by atoms with Gasteiger partial charge in [-0.25, -0.2) is 4.79 Å². The number of hydrogen-bond donors (Lipinski definition) is 1. The first kappa shape index (κ1) is 12.3. The van der Waals surface area contributed by atoms with Crippen LogP contribution >= 0.6 is 11.8 Å². The molecule has 0 aliphatic rings. The molecule has 1 amide bonds. The average molecular weight is 204 g/mol. The third kappa shape index (κ3) is 6.45. The van der Waals surface area contributed by atoms with Crippen LogP contribution in [0.4, 0.5) is 4.79 Å². The number of amidine groups is 1. The van der Waals surface area contributed by atoms with Crippen molar-refractivity contribution in [1.82, 2.24) is 5.32 Å². The first-order valence-corrected chi connectivity index (χ1v) is 5.40. The number of alkyl carbamates (subject to hydrolysis) is 1. The highest BCUT2D eigenvalue weighted by Crippen LogP contribution is 1.97. The molecule has 0 aromatic heterocycles. The second-order valence-corrected chi connectivity index (χ2v) is 3.16. The molecule has 0 aromatic rings. The summed E-state index contributed by atoms with van der Waals surface area (Å²) in [6, 6.07) is 0. The van der Waals surface area contributed by atoms with Gasteiger partial charge >= 0.3 is 6.09 Å². The number of hydrogen-bond acceptors (Lipinski definition) is 4. The molecule has 0 aliphatic heterocycles. The molecule has 0 saturated carbocycles. The summed E-state index contributed by atoms with van der Waals surface area (Å²) in [5.74, 6) is 0. The van der Waals surface area contributed by atoms with Gasteiger partial charge in [0.15, 0.2) is 5.17 Å². The highest BCUT2D eigenvalue weighted by molar-refractivity contribution is 8.13. The van der Waals surface area contributed by atoms with Crippen molar-refractivity contribution in [3.8, 4) is 0 Å². The zero-order chi connectivity index (χ0) is 10.1. The quantitative estimate of drug-likeness (QED) is 0.433. The molecule has 76 valence electrons. The normalized spacial score (nSPS) is 11.2. The second kappa shape index (κ2) is 7.91. The van der Waals surface area contributed by atoms with Crippen LogP contribution in [0.2, 0.25) is 0 Å². The summed E-state index contributed by atoms with van der Waals surface area (Å²) in [5.41, 5.74) is 0. The molecule has 0 spiro atoms. The van der Waals surface area contributed by atoms with E-state index in [0.29, 0.717) is 5.17 Å². The van der Waals surface area contributed by atoms with E-state index in [9.17, 15) is 4.79 Å². The maximum absolute atomic E-state index is 10.8. The lowest BCUT2D eigenvalue weighted by Gasteiger charge is -2.03. The molecule has 0 heterocycles. The number of rotatable bonds is 3. The number of carbonyl (C=O) groups is 1. The van der Waals surface area contributed by atoms with Crippen LogP contribution in [0.5, 0.6) is 0 Å². The zero-order valence-electron chi connectivity index (χ0n) is 8.29. The van der Waals surface area contributed by atoms with Crippen LogP contribution in [0.3, 0.4) is 0 Å². The molecule has 13 heavy (non-hydrogen) atoms. The molecule has 0 aliphatic carbocycles. The molecule has 0 saturated heterocycles. The molecule has 0 rings (SSSR count). The van der Waals surface area contributed by atoms with E-state index >= 15 is 0 Å². The Morgan fingerprint density at radius 3 is 2.77 bits per heavy atom. The number of ether oxygens (including phenoxy) is 1. The largest absolute Gasteiger partial charge is 0.453 e. The van der Waals surface area contributed by atoms with Gasteiger partial charge in [-0.3, -0.25) is 10.3 Å². The number of unbranched alkanes of at least 4 members (excludes halogenated alkanes) is 1. The number of amides is 1. The van der Waals surface area contributed by atoms with E-state index in [0.717, 1.165) is 19.4 Å². The molecule has 0 radical (unpaired) electrons. The average Bonchev–Trinajstić information content (AvgIpc) is 2.16. The Bertz CT molecular complexity index is 183. The third-order valence-corrected chi connectivity index (χ3v) is 1.97. The van der Waals surface area contributed by atoms with Gasteiger partial charge in [0.25, 0.3) is 0 Å². The maximum Gasteiger partial charge on any atom is 0.412 e. The molecule has 5 heteroatoms. The van der Waals surface area contributed by atoms with Gasteiger partial charge in [-0.2, -0.15) is 0 Å². The summed E-state index contributed by atoms with van der Waals surface area (Å²) >= 11 is 1.40. The van der Waals surface area contributed by atoms with E-state index in [4.69, 9.17) is 0 Å². The number of nitrogens with one attached hydrogen (secondary N) is 1. The van der Waals surface area contributed by atoms with Gasteiger partial charge in [-0.05, 0) is 12.7 Å². The summed E-state index contributed by atoms with van der Waals surface area (Å²) in [4.78, 5) is 15.0. The minimum Gasteiger partial charge on any atom is -0.453 e. The van der Waals surface area contributed by atoms with Gasteiger partial charge < -0.3 is 4.74 Å². The number of methoxy groups -OCH3 is 1. The number of carbonyl (C=O) groups excluding carboxylic acids is 1. The fourth-order valence-electron chi connectivity index (χ4n) is 0.632. The van der Waals surface area contributed by atoms with Gasteiger partial charge in [0, 0.05) is 6.54 Å². The van der Waals surface area contributed by atoms with Gasteiger partial charge in [0.05, 0.1) is 7.11 Å². The molecule has 0 atom stereocenters. The summed E-state index contributed by atoms with van der Waals surface area (Å²) in [5, 5.41) is 3.14. The first-order chi connectivity index (χ1) is 6.24. The van der Waals surface area contributed by atoms with Gasteiger partial charge in [-0.15, -0.1) is 0 Å². The van der Waals surface area contributed by atoms with Crippen molar-refractivity contribution in [2.45, 2.75) is 19.8 Å². The molecule has 0 bridgehead atoms. The van der Waals surface area contributed by atoms with E-state index < -0.39 is 6.09 Å². The Labute approximate surface area is 83.1 Å². The van der Waals surface area contributed by atoms with Crippen molar-refractivity contribution >= 4 is 23.0 Å². The molecule has 1 N–H and O–H groups in total. The standard InChI is InChI=1S/C8H16N2O2S/c1-4-5-6-9-7(13-3)10-8(11)12-2/h4-6H2,1-3H3,(H,9,10,11). The van der Waals surface area contributed by atoms with Gasteiger partial charge in [-0.1, -0.05) is 25.1 Å². The molecular formula is C8H16N2O2S. The molecule has 0 fully saturated rings. The summed E-state index contributed by atoms with van der Waals surface area (Å²) in [6.45, 7) is 2.85. The smallest absolute Gasteiger partial charge is 0.412 e. The Morgan fingerprint density at radius 1 is 1.62 bits per heavy atom. The lowest BCUT2D eigenvalue weighted by atomic mass is 10.3. The lowest BCUT2D eigenvalue weighted by molar-refractivity contribution is 0.177. The van der Waals surface area contributed by atoms with Crippen LogP contribution in [-0.2, 0) is 4.74 Å². The zero-order valence-corrected chi connectivity index (χ0v) is 9.11. The summed E-state index contributed by atoms with van der Waals surface area (Å²) in [6.07, 6.45) is 3.53. The minimum absolute atomic E-state index is 0.468. The van der Waals surface area contributed by atoms with E-state index in [2.05, 4.69) is 22.0 Å². The predicted octanol–water partition coefficient (Wildman–Crippen LogP) is 1.86. The fourth-order valence-corrected chi connectivity index (χ4v) is 1.04. The van der Waals surface area contributed by atoms with Crippen LogP contribution in [-0.4, -0.2) is 31.2 Å². The van der Waals surface area contributed by atoms with Crippen molar-refractivity contribution in [1.29, 1.82) is 0 Å². The predicted molar refractivity (Wildman–Crippen MR) is 56.3 cm³/mol. The SMILES string of the molecule is CCCC/N=C(/NC(=O)OC)SC. The van der Waals surface area contributed by atoms with Crippen molar-refractivity contribution in [2.24, 2.45) is 4.99 Å². The van der Waals surface area contributed by atoms with Crippen molar-refractivity contribution in [2.75, 3.05) is 19.9 Å². The topological polar surface area (TPSA) is 50.7 Å². The number of thioether (sulfide) groups is 1.